The van der Waals surface area contributed by atoms with Crippen molar-refractivity contribution in [3.8, 4) is 0 Å². The van der Waals surface area contributed by atoms with Gasteiger partial charge < -0.3 is 20.7 Å². The van der Waals surface area contributed by atoms with Gasteiger partial charge in [0, 0.05) is 56.8 Å². The number of nitrogens with one attached hydrogen (secondary N) is 3. The number of carbonyl (C=O) groups excluding carboxylic acids is 1. The normalized spacial score (nSPS) is 19.9. The zero-order valence-corrected chi connectivity index (χ0v) is 21.1. The van der Waals surface area contributed by atoms with Crippen molar-refractivity contribution in [3.05, 3.63) is 65.2 Å². The van der Waals surface area contributed by atoms with Crippen LogP contribution in [0.1, 0.15) is 41.9 Å². The summed E-state index contributed by atoms with van der Waals surface area (Å²) in [4.78, 5) is 16.6. The quantitative estimate of drug-likeness (QED) is 0.301. The highest BCUT2D eigenvalue weighted by molar-refractivity contribution is 14.0. The number of nitrogens with zero attached hydrogens (tertiary/aromatic N) is 1. The molecule has 1 saturated heterocycles. The van der Waals surface area contributed by atoms with E-state index in [9.17, 15) is 4.79 Å². The fourth-order valence-corrected chi connectivity index (χ4v) is 4.85. The number of para-hydroxylation sites is 1. The van der Waals surface area contributed by atoms with Gasteiger partial charge in [-0.3, -0.25) is 9.79 Å². The van der Waals surface area contributed by atoms with Crippen LogP contribution >= 0.6 is 24.0 Å². The summed E-state index contributed by atoms with van der Waals surface area (Å²) in [6.45, 7) is 5.18. The third-order valence-electron chi connectivity index (χ3n) is 6.61. The Morgan fingerprint density at radius 3 is 2.59 bits per heavy atom. The number of amides is 1. The van der Waals surface area contributed by atoms with Crippen LogP contribution in [0, 0.1) is 6.92 Å². The first-order chi connectivity index (χ1) is 15.1. The van der Waals surface area contributed by atoms with E-state index in [2.05, 4.69) is 58.2 Å². The maximum atomic E-state index is 12.1. The second-order valence-electron chi connectivity index (χ2n) is 8.55. The van der Waals surface area contributed by atoms with Crippen molar-refractivity contribution >= 4 is 41.5 Å². The molecule has 0 aromatic heterocycles. The molecule has 2 aromatic rings. The summed E-state index contributed by atoms with van der Waals surface area (Å²) in [5.41, 5.74) is 4.82. The van der Waals surface area contributed by atoms with E-state index in [0.29, 0.717) is 13.0 Å². The summed E-state index contributed by atoms with van der Waals surface area (Å²) in [7, 11) is 1.79. The van der Waals surface area contributed by atoms with Crippen LogP contribution in [0.15, 0.2) is 53.5 Å². The number of guanidine groups is 1. The van der Waals surface area contributed by atoms with Crippen molar-refractivity contribution < 1.29 is 9.53 Å². The molecule has 7 heteroatoms. The lowest BCUT2D eigenvalue weighted by molar-refractivity contribution is -0.116. The standard InChI is InChI=1S/C25H32N4O2.HI/c1-18-7-3-5-9-21(18)25(11-13-31-14-12-25)17-28-24(26-2)27-16-19-15-23(30)29-22-10-6-4-8-20(19)22;/h3-10,19H,11-17H2,1-2H3,(H,29,30)(H2,26,27,28);1H. The maximum Gasteiger partial charge on any atom is 0.225 e. The lowest BCUT2D eigenvalue weighted by atomic mass is 9.72. The molecule has 2 aliphatic heterocycles. The van der Waals surface area contributed by atoms with Crippen molar-refractivity contribution in [2.45, 2.75) is 37.5 Å². The van der Waals surface area contributed by atoms with Gasteiger partial charge in [0.1, 0.15) is 0 Å². The van der Waals surface area contributed by atoms with Gasteiger partial charge in [-0.1, -0.05) is 42.5 Å². The minimum atomic E-state index is 0. The van der Waals surface area contributed by atoms with E-state index in [4.69, 9.17) is 4.74 Å². The average Bonchev–Trinajstić information content (AvgIpc) is 2.80. The number of hydrogen-bond acceptors (Lipinski definition) is 3. The van der Waals surface area contributed by atoms with Crippen LogP contribution in [-0.2, 0) is 14.9 Å². The van der Waals surface area contributed by atoms with Crippen molar-refractivity contribution in [2.24, 2.45) is 4.99 Å². The molecule has 0 radical (unpaired) electrons. The molecule has 32 heavy (non-hydrogen) atoms. The first-order valence-corrected chi connectivity index (χ1v) is 11.1. The molecule has 0 bridgehead atoms. The molecule has 1 atom stereocenters. The molecule has 172 valence electrons. The molecular weight excluding hydrogens is 515 g/mol. The van der Waals surface area contributed by atoms with Crippen LogP contribution in [0.4, 0.5) is 5.69 Å². The molecule has 1 unspecified atom stereocenters. The van der Waals surface area contributed by atoms with Gasteiger partial charge >= 0.3 is 0 Å². The number of fused-ring (bicyclic) bond motifs is 1. The second-order valence-corrected chi connectivity index (χ2v) is 8.55. The van der Waals surface area contributed by atoms with Crippen molar-refractivity contribution in [2.75, 3.05) is 38.7 Å². The number of halogens is 1. The van der Waals surface area contributed by atoms with Crippen LogP contribution < -0.4 is 16.0 Å². The summed E-state index contributed by atoms with van der Waals surface area (Å²) in [5.74, 6) is 0.953. The largest absolute Gasteiger partial charge is 0.381 e. The molecule has 2 aliphatic rings. The predicted molar refractivity (Wildman–Crippen MR) is 140 cm³/mol. The van der Waals surface area contributed by atoms with Gasteiger partial charge in [0.15, 0.2) is 5.96 Å². The number of ether oxygens (including phenoxy) is 1. The van der Waals surface area contributed by atoms with E-state index in [-0.39, 0.29) is 41.2 Å². The van der Waals surface area contributed by atoms with Crippen LogP contribution in [0.5, 0.6) is 0 Å². The summed E-state index contributed by atoms with van der Waals surface area (Å²) < 4.78 is 5.68. The molecule has 4 rings (SSSR count). The van der Waals surface area contributed by atoms with Gasteiger partial charge in [0.25, 0.3) is 0 Å². The Labute approximate surface area is 207 Å². The zero-order valence-electron chi connectivity index (χ0n) is 18.8. The topological polar surface area (TPSA) is 74.8 Å². The molecule has 2 aromatic carbocycles. The minimum absolute atomic E-state index is 0. The molecule has 0 aliphatic carbocycles. The average molecular weight is 548 g/mol. The Balaban J connectivity index is 0.00000289. The predicted octanol–water partition coefficient (Wildman–Crippen LogP) is 3.95. The number of aliphatic imine (C=N–C) groups is 1. The highest BCUT2D eigenvalue weighted by Crippen LogP contribution is 2.36. The van der Waals surface area contributed by atoms with Gasteiger partial charge in [-0.2, -0.15) is 0 Å². The summed E-state index contributed by atoms with van der Waals surface area (Å²) in [5, 5.41) is 9.98. The van der Waals surface area contributed by atoms with E-state index in [1.54, 1.807) is 7.05 Å². The molecule has 0 saturated carbocycles. The summed E-state index contributed by atoms with van der Waals surface area (Å²) >= 11 is 0. The Morgan fingerprint density at radius 1 is 1.12 bits per heavy atom. The Kier molecular flexibility index (Phi) is 8.53. The number of carbonyl (C=O) groups is 1. The van der Waals surface area contributed by atoms with Gasteiger partial charge in [-0.25, -0.2) is 0 Å². The van der Waals surface area contributed by atoms with Gasteiger partial charge in [0.2, 0.25) is 5.91 Å². The molecule has 6 nitrogen and oxygen atoms in total. The van der Waals surface area contributed by atoms with Crippen molar-refractivity contribution in [3.63, 3.8) is 0 Å². The third-order valence-corrected chi connectivity index (χ3v) is 6.61. The highest BCUT2D eigenvalue weighted by Gasteiger charge is 2.35. The number of rotatable bonds is 5. The number of benzene rings is 2. The Morgan fingerprint density at radius 2 is 1.84 bits per heavy atom. The van der Waals surface area contributed by atoms with E-state index in [1.807, 2.05) is 18.2 Å². The lowest BCUT2D eigenvalue weighted by Crippen LogP contribution is -2.49. The summed E-state index contributed by atoms with van der Waals surface area (Å²) in [6, 6.07) is 16.7. The van der Waals surface area contributed by atoms with E-state index >= 15 is 0 Å². The van der Waals surface area contributed by atoms with Gasteiger partial charge in [-0.15, -0.1) is 24.0 Å². The van der Waals surface area contributed by atoms with Crippen LogP contribution in [0.25, 0.3) is 0 Å². The highest BCUT2D eigenvalue weighted by atomic mass is 127. The first kappa shape index (κ1) is 24.5. The Bertz CT molecular complexity index is 956. The molecule has 3 N–H and O–H groups in total. The number of hydrogen-bond donors (Lipinski definition) is 3. The maximum absolute atomic E-state index is 12.1. The number of anilines is 1. The monoisotopic (exact) mass is 548 g/mol. The van der Waals surface area contributed by atoms with E-state index in [1.165, 1.54) is 16.7 Å². The van der Waals surface area contributed by atoms with Gasteiger partial charge in [0.05, 0.1) is 0 Å². The van der Waals surface area contributed by atoms with E-state index in [0.717, 1.165) is 44.2 Å². The lowest BCUT2D eigenvalue weighted by Gasteiger charge is -2.39. The fraction of sp³-hybridized carbons (Fsp3) is 0.440. The Hall–Kier alpha value is -2.13. The minimum Gasteiger partial charge on any atom is -0.381 e. The third kappa shape index (κ3) is 5.43. The molecule has 1 amide bonds. The second kappa shape index (κ2) is 11.1. The van der Waals surface area contributed by atoms with Crippen molar-refractivity contribution in [1.29, 1.82) is 0 Å². The van der Waals surface area contributed by atoms with E-state index < -0.39 is 0 Å². The van der Waals surface area contributed by atoms with Crippen LogP contribution in [0.2, 0.25) is 0 Å². The molecule has 1 fully saturated rings. The van der Waals surface area contributed by atoms with Crippen LogP contribution in [0.3, 0.4) is 0 Å². The van der Waals surface area contributed by atoms with Crippen LogP contribution in [-0.4, -0.2) is 45.2 Å². The summed E-state index contributed by atoms with van der Waals surface area (Å²) in [6.07, 6.45) is 2.45. The fourth-order valence-electron chi connectivity index (χ4n) is 4.85. The molecule has 2 heterocycles. The molecular formula is C25H33IN4O2. The van der Waals surface area contributed by atoms with Crippen molar-refractivity contribution in [1.82, 2.24) is 10.6 Å². The first-order valence-electron chi connectivity index (χ1n) is 11.1. The smallest absolute Gasteiger partial charge is 0.225 e. The molecule has 0 spiro atoms. The van der Waals surface area contributed by atoms with Gasteiger partial charge in [-0.05, 0) is 42.5 Å². The SMILES string of the molecule is CN=C(NCC1CC(=O)Nc2ccccc21)NCC1(c2ccccc2C)CCOCC1.I. The zero-order chi connectivity index (χ0) is 21.7. The number of aryl methyl sites for hydroxylation is 1.